The van der Waals surface area contributed by atoms with E-state index in [-0.39, 0.29) is 0 Å². The minimum atomic E-state index is 0.758. The number of nitrogens with zero attached hydrogens (tertiary/aromatic N) is 2. The van der Waals surface area contributed by atoms with E-state index in [2.05, 4.69) is 17.0 Å². The van der Waals surface area contributed by atoms with Gasteiger partial charge in [-0.05, 0) is 43.6 Å². The van der Waals surface area contributed by atoms with E-state index in [9.17, 15) is 0 Å². The molecule has 3 heteroatoms. The standard InChI is InChI=1S/C15H20N2O.C2H6/c1-18-14-4-2-12(3-5-14)10-16-15-11-17-8-6-13(15)7-9-17;1-2/h2-5,13H,6-11H2,1H3;1-2H3. The maximum atomic E-state index is 5.16. The zero-order valence-electron chi connectivity index (χ0n) is 12.9. The minimum absolute atomic E-state index is 0.758. The molecule has 0 radical (unpaired) electrons. The van der Waals surface area contributed by atoms with E-state index in [1.165, 1.54) is 37.2 Å². The Kier molecular flexibility index (Phi) is 5.60. The second kappa shape index (κ2) is 7.44. The predicted molar refractivity (Wildman–Crippen MR) is 84.6 cm³/mol. The molecule has 3 aliphatic heterocycles. The lowest BCUT2D eigenvalue weighted by molar-refractivity contribution is 0.200. The molecule has 110 valence electrons. The van der Waals surface area contributed by atoms with Gasteiger partial charge < -0.3 is 4.74 Å². The van der Waals surface area contributed by atoms with Crippen molar-refractivity contribution in [1.29, 1.82) is 0 Å². The second-order valence-corrected chi connectivity index (χ2v) is 5.21. The predicted octanol–water partition coefficient (Wildman–Crippen LogP) is 3.39. The highest BCUT2D eigenvalue weighted by Gasteiger charge is 2.30. The molecule has 0 aliphatic carbocycles. The number of hydrogen-bond donors (Lipinski definition) is 0. The van der Waals surface area contributed by atoms with Crippen molar-refractivity contribution in [3.05, 3.63) is 29.8 Å². The number of aliphatic imine (C=N–C) groups is 1. The van der Waals surface area contributed by atoms with Crippen LogP contribution in [-0.2, 0) is 6.54 Å². The van der Waals surface area contributed by atoms with Gasteiger partial charge in [-0.2, -0.15) is 0 Å². The molecule has 3 nitrogen and oxygen atoms in total. The third kappa shape index (κ3) is 3.60. The lowest BCUT2D eigenvalue weighted by atomic mass is 9.86. The summed E-state index contributed by atoms with van der Waals surface area (Å²) in [5.74, 6) is 1.67. The number of piperidine rings is 3. The SMILES string of the molecule is CC.COc1ccc(CN=C2CN3CCC2CC3)cc1. The fraction of sp³-hybridized carbons (Fsp3) is 0.588. The quantitative estimate of drug-likeness (QED) is 0.844. The molecule has 3 aliphatic rings. The molecule has 3 saturated heterocycles. The number of rotatable bonds is 3. The Morgan fingerprint density at radius 2 is 1.80 bits per heavy atom. The van der Waals surface area contributed by atoms with Crippen LogP contribution < -0.4 is 4.74 Å². The van der Waals surface area contributed by atoms with Crippen LogP contribution in [0.5, 0.6) is 5.75 Å². The first kappa shape index (κ1) is 15.0. The Morgan fingerprint density at radius 3 is 2.30 bits per heavy atom. The van der Waals surface area contributed by atoms with E-state index in [4.69, 9.17) is 9.73 Å². The third-order valence-corrected chi connectivity index (χ3v) is 4.07. The Balaban J connectivity index is 0.000000704. The Morgan fingerprint density at radius 1 is 1.15 bits per heavy atom. The van der Waals surface area contributed by atoms with Gasteiger partial charge in [-0.1, -0.05) is 26.0 Å². The van der Waals surface area contributed by atoms with Crippen molar-refractivity contribution in [2.45, 2.75) is 33.2 Å². The molecular formula is C17H26N2O. The highest BCUT2D eigenvalue weighted by molar-refractivity contribution is 5.90. The average Bonchev–Trinajstić information content (AvgIpc) is 2.56. The number of fused-ring (bicyclic) bond motifs is 3. The zero-order valence-corrected chi connectivity index (χ0v) is 12.9. The molecular weight excluding hydrogens is 248 g/mol. The molecule has 20 heavy (non-hydrogen) atoms. The summed E-state index contributed by atoms with van der Waals surface area (Å²) < 4.78 is 5.16. The second-order valence-electron chi connectivity index (χ2n) is 5.21. The summed E-state index contributed by atoms with van der Waals surface area (Å²) in [6.07, 6.45) is 2.61. The van der Waals surface area contributed by atoms with Crippen LogP contribution in [0.3, 0.4) is 0 Å². The van der Waals surface area contributed by atoms with Crippen LogP contribution in [0.4, 0.5) is 0 Å². The lowest BCUT2D eigenvalue weighted by Crippen LogP contribution is -2.47. The molecule has 0 saturated carbocycles. The first-order valence-corrected chi connectivity index (χ1v) is 7.73. The smallest absolute Gasteiger partial charge is 0.118 e. The summed E-state index contributed by atoms with van der Waals surface area (Å²) in [5.41, 5.74) is 2.68. The average molecular weight is 274 g/mol. The van der Waals surface area contributed by atoms with Crippen molar-refractivity contribution in [2.24, 2.45) is 10.9 Å². The minimum Gasteiger partial charge on any atom is -0.497 e. The van der Waals surface area contributed by atoms with Crippen molar-refractivity contribution in [2.75, 3.05) is 26.7 Å². The molecule has 0 spiro atoms. The molecule has 0 atom stereocenters. The van der Waals surface area contributed by atoms with Gasteiger partial charge in [-0.3, -0.25) is 9.89 Å². The van der Waals surface area contributed by atoms with E-state index in [1.54, 1.807) is 7.11 Å². The summed E-state index contributed by atoms with van der Waals surface area (Å²) >= 11 is 0. The fourth-order valence-corrected chi connectivity index (χ4v) is 2.89. The number of methoxy groups -OCH3 is 1. The normalized spacial score (nSPS) is 26.1. The van der Waals surface area contributed by atoms with E-state index >= 15 is 0 Å². The monoisotopic (exact) mass is 274 g/mol. The maximum absolute atomic E-state index is 5.16. The van der Waals surface area contributed by atoms with Crippen LogP contribution in [0.15, 0.2) is 29.3 Å². The van der Waals surface area contributed by atoms with Crippen molar-refractivity contribution < 1.29 is 4.74 Å². The van der Waals surface area contributed by atoms with Crippen LogP contribution >= 0.6 is 0 Å². The van der Waals surface area contributed by atoms with Gasteiger partial charge >= 0.3 is 0 Å². The van der Waals surface area contributed by atoms with Gasteiger partial charge in [-0.25, -0.2) is 0 Å². The van der Waals surface area contributed by atoms with Gasteiger partial charge in [0.25, 0.3) is 0 Å². The molecule has 1 aromatic carbocycles. The van der Waals surface area contributed by atoms with E-state index in [1.807, 2.05) is 26.0 Å². The van der Waals surface area contributed by atoms with Gasteiger partial charge in [0.2, 0.25) is 0 Å². The summed E-state index contributed by atoms with van der Waals surface area (Å²) in [6, 6.07) is 8.21. The Bertz CT molecular complexity index is 431. The third-order valence-electron chi connectivity index (χ3n) is 4.07. The molecule has 3 fully saturated rings. The van der Waals surface area contributed by atoms with E-state index in [0.717, 1.165) is 24.8 Å². The van der Waals surface area contributed by atoms with E-state index < -0.39 is 0 Å². The van der Waals surface area contributed by atoms with Crippen LogP contribution in [0.25, 0.3) is 0 Å². The molecule has 1 aromatic rings. The molecule has 0 N–H and O–H groups in total. The van der Waals surface area contributed by atoms with Crippen molar-refractivity contribution in [3.63, 3.8) is 0 Å². The fourth-order valence-electron chi connectivity index (χ4n) is 2.89. The first-order chi connectivity index (χ1) is 9.85. The van der Waals surface area contributed by atoms with Crippen LogP contribution in [-0.4, -0.2) is 37.4 Å². The van der Waals surface area contributed by atoms with Crippen LogP contribution in [0.2, 0.25) is 0 Å². The largest absolute Gasteiger partial charge is 0.497 e. The summed E-state index contributed by atoms with van der Waals surface area (Å²) in [5, 5.41) is 0. The molecule has 2 bridgehead atoms. The van der Waals surface area contributed by atoms with E-state index in [0.29, 0.717) is 0 Å². The Hall–Kier alpha value is -1.35. The lowest BCUT2D eigenvalue weighted by Gasteiger charge is -2.40. The molecule has 0 aromatic heterocycles. The van der Waals surface area contributed by atoms with Crippen molar-refractivity contribution >= 4 is 5.71 Å². The number of benzene rings is 1. The van der Waals surface area contributed by atoms with Crippen LogP contribution in [0.1, 0.15) is 32.3 Å². The molecule has 4 rings (SSSR count). The van der Waals surface area contributed by atoms with Crippen molar-refractivity contribution in [3.8, 4) is 5.75 Å². The summed E-state index contributed by atoms with van der Waals surface area (Å²) in [7, 11) is 1.70. The molecule has 0 amide bonds. The number of hydrogen-bond acceptors (Lipinski definition) is 3. The van der Waals surface area contributed by atoms with Gasteiger partial charge in [-0.15, -0.1) is 0 Å². The highest BCUT2D eigenvalue weighted by Crippen LogP contribution is 2.25. The maximum Gasteiger partial charge on any atom is 0.118 e. The molecule has 0 unspecified atom stereocenters. The summed E-state index contributed by atoms with van der Waals surface area (Å²) in [6.45, 7) is 8.45. The highest BCUT2D eigenvalue weighted by atomic mass is 16.5. The van der Waals surface area contributed by atoms with Gasteiger partial charge in [0.1, 0.15) is 5.75 Å². The topological polar surface area (TPSA) is 24.8 Å². The Labute approximate surface area is 122 Å². The zero-order chi connectivity index (χ0) is 14.4. The van der Waals surface area contributed by atoms with Crippen molar-refractivity contribution in [1.82, 2.24) is 4.90 Å². The molecule has 3 heterocycles. The van der Waals surface area contributed by atoms with Gasteiger partial charge in [0, 0.05) is 18.2 Å². The first-order valence-electron chi connectivity index (χ1n) is 7.73. The van der Waals surface area contributed by atoms with Gasteiger partial charge in [0.15, 0.2) is 0 Å². The van der Waals surface area contributed by atoms with Gasteiger partial charge in [0.05, 0.1) is 13.7 Å². The number of ether oxygens (including phenoxy) is 1. The van der Waals surface area contributed by atoms with Crippen LogP contribution in [0, 0.1) is 5.92 Å². The summed E-state index contributed by atoms with van der Waals surface area (Å²) in [4.78, 5) is 7.35.